The van der Waals surface area contributed by atoms with Crippen molar-refractivity contribution in [1.29, 1.82) is 0 Å². The highest BCUT2D eigenvalue weighted by Crippen LogP contribution is 2.34. The lowest BCUT2D eigenvalue weighted by Crippen LogP contribution is -2.38. The predicted molar refractivity (Wildman–Crippen MR) is 60.0 cm³/mol. The smallest absolute Gasteiger partial charge is 0.212 e. The van der Waals surface area contributed by atoms with Gasteiger partial charge < -0.3 is 5.11 Å². The van der Waals surface area contributed by atoms with Crippen molar-refractivity contribution in [2.45, 2.75) is 31.7 Å². The van der Waals surface area contributed by atoms with Gasteiger partial charge in [-0.15, -0.1) is 6.58 Å². The molecule has 5 heteroatoms. The zero-order valence-corrected chi connectivity index (χ0v) is 9.67. The zero-order chi connectivity index (χ0) is 11.3. The van der Waals surface area contributed by atoms with E-state index in [0.29, 0.717) is 18.8 Å². The molecule has 15 heavy (non-hydrogen) atoms. The Bertz CT molecular complexity index is 296. The Balaban J connectivity index is 2.44. The van der Waals surface area contributed by atoms with E-state index in [0.717, 1.165) is 12.8 Å². The van der Waals surface area contributed by atoms with Crippen molar-refractivity contribution in [3.05, 3.63) is 12.7 Å². The highest BCUT2D eigenvalue weighted by Gasteiger charge is 2.33. The molecule has 1 fully saturated rings. The first-order valence-electron chi connectivity index (χ1n) is 5.31. The third-order valence-electron chi connectivity index (χ3n) is 2.55. The minimum atomic E-state index is -3.20. The Hall–Kier alpha value is -0.390. The van der Waals surface area contributed by atoms with Crippen molar-refractivity contribution in [2.24, 2.45) is 5.92 Å². The van der Waals surface area contributed by atoms with Gasteiger partial charge in [-0.2, -0.15) is 0 Å². The number of nitrogens with one attached hydrogen (secondary N) is 1. The molecule has 0 amide bonds. The molecule has 1 aliphatic rings. The molecule has 1 rings (SSSR count). The average molecular weight is 233 g/mol. The maximum Gasteiger partial charge on any atom is 0.212 e. The van der Waals surface area contributed by atoms with E-state index in [9.17, 15) is 8.42 Å². The Morgan fingerprint density at radius 3 is 2.67 bits per heavy atom. The number of aliphatic hydroxyl groups excluding tert-OH is 1. The maximum atomic E-state index is 11.6. The molecule has 1 atom stereocenters. The molecule has 0 aliphatic heterocycles. The maximum absolute atomic E-state index is 11.6. The average Bonchev–Trinajstić information content (AvgIpc) is 2.97. The third-order valence-corrected chi connectivity index (χ3v) is 3.99. The molecule has 0 spiro atoms. The highest BCUT2D eigenvalue weighted by molar-refractivity contribution is 7.89. The summed E-state index contributed by atoms with van der Waals surface area (Å²) in [4.78, 5) is 0. The van der Waals surface area contributed by atoms with Crippen molar-refractivity contribution < 1.29 is 13.5 Å². The minimum Gasteiger partial charge on any atom is -0.396 e. The van der Waals surface area contributed by atoms with E-state index < -0.39 is 10.0 Å². The summed E-state index contributed by atoms with van der Waals surface area (Å²) in [5, 5.41) is 8.84. The molecule has 0 aromatic rings. The first-order valence-corrected chi connectivity index (χ1v) is 6.96. The quantitative estimate of drug-likeness (QED) is 0.605. The van der Waals surface area contributed by atoms with E-state index in [1.807, 2.05) is 0 Å². The summed E-state index contributed by atoms with van der Waals surface area (Å²) in [7, 11) is -3.20. The molecule has 0 radical (unpaired) electrons. The second-order valence-electron chi connectivity index (χ2n) is 3.97. The van der Waals surface area contributed by atoms with Gasteiger partial charge in [-0.1, -0.05) is 6.08 Å². The van der Waals surface area contributed by atoms with Gasteiger partial charge in [0, 0.05) is 12.6 Å². The second-order valence-corrected chi connectivity index (χ2v) is 5.84. The van der Waals surface area contributed by atoms with Gasteiger partial charge in [0.25, 0.3) is 0 Å². The van der Waals surface area contributed by atoms with Gasteiger partial charge in [-0.05, 0) is 31.6 Å². The van der Waals surface area contributed by atoms with Crippen molar-refractivity contribution >= 4 is 10.0 Å². The van der Waals surface area contributed by atoms with Gasteiger partial charge in [0.1, 0.15) is 0 Å². The first-order chi connectivity index (χ1) is 7.09. The Morgan fingerprint density at radius 1 is 1.53 bits per heavy atom. The fourth-order valence-corrected chi connectivity index (χ4v) is 2.92. The van der Waals surface area contributed by atoms with Gasteiger partial charge in [-0.3, -0.25) is 0 Å². The molecule has 0 heterocycles. The van der Waals surface area contributed by atoms with Crippen LogP contribution in [0.5, 0.6) is 0 Å². The molecule has 0 aromatic carbocycles. The zero-order valence-electron chi connectivity index (χ0n) is 8.85. The second kappa shape index (κ2) is 5.63. The minimum absolute atomic E-state index is 0.0329. The largest absolute Gasteiger partial charge is 0.396 e. The van der Waals surface area contributed by atoms with Crippen LogP contribution in [0.3, 0.4) is 0 Å². The van der Waals surface area contributed by atoms with Crippen LogP contribution < -0.4 is 4.72 Å². The molecule has 4 nitrogen and oxygen atoms in total. The molecule has 2 N–H and O–H groups in total. The Morgan fingerprint density at radius 2 is 2.20 bits per heavy atom. The number of rotatable bonds is 8. The van der Waals surface area contributed by atoms with E-state index >= 15 is 0 Å². The van der Waals surface area contributed by atoms with Crippen molar-refractivity contribution in [3.63, 3.8) is 0 Å². The SMILES string of the molecule is C=CCCS(=O)(=O)NC(CCO)C1CC1. The summed E-state index contributed by atoms with van der Waals surface area (Å²) in [6, 6.07) is -0.0789. The molecule has 1 aliphatic carbocycles. The standard InChI is InChI=1S/C10H19NO3S/c1-2-3-8-15(13,14)11-10(6-7-12)9-4-5-9/h2,9-12H,1,3-8H2. The third kappa shape index (κ3) is 4.77. The van der Waals surface area contributed by atoms with Crippen LogP contribution >= 0.6 is 0 Å². The van der Waals surface area contributed by atoms with Crippen LogP contribution in [0.25, 0.3) is 0 Å². The summed E-state index contributed by atoms with van der Waals surface area (Å²) in [5.41, 5.74) is 0. The van der Waals surface area contributed by atoms with Crippen LogP contribution in [0.4, 0.5) is 0 Å². The van der Waals surface area contributed by atoms with Gasteiger partial charge in [0.05, 0.1) is 5.75 Å². The Kier molecular flexibility index (Phi) is 4.76. The van der Waals surface area contributed by atoms with Crippen LogP contribution in [0.1, 0.15) is 25.7 Å². The number of allylic oxidation sites excluding steroid dienone is 1. The first kappa shape index (κ1) is 12.7. The van der Waals surface area contributed by atoms with Crippen molar-refractivity contribution in [3.8, 4) is 0 Å². The van der Waals surface area contributed by atoms with Crippen LogP contribution in [-0.4, -0.2) is 31.9 Å². The molecule has 88 valence electrons. The number of hydrogen-bond donors (Lipinski definition) is 2. The topological polar surface area (TPSA) is 66.4 Å². The lowest BCUT2D eigenvalue weighted by atomic mass is 10.1. The fourth-order valence-electron chi connectivity index (χ4n) is 1.56. The normalized spacial score (nSPS) is 18.7. The predicted octanol–water partition coefficient (Wildman–Crippen LogP) is 0.643. The summed E-state index contributed by atoms with van der Waals surface area (Å²) < 4.78 is 25.8. The van der Waals surface area contributed by atoms with Gasteiger partial charge in [0.2, 0.25) is 10.0 Å². The van der Waals surface area contributed by atoms with Gasteiger partial charge >= 0.3 is 0 Å². The van der Waals surface area contributed by atoms with E-state index in [2.05, 4.69) is 11.3 Å². The molecular formula is C10H19NO3S. The van der Waals surface area contributed by atoms with E-state index in [-0.39, 0.29) is 18.4 Å². The highest BCUT2D eigenvalue weighted by atomic mass is 32.2. The summed E-state index contributed by atoms with van der Waals surface area (Å²) in [6.07, 6.45) is 4.70. The van der Waals surface area contributed by atoms with Crippen LogP contribution in [0.15, 0.2) is 12.7 Å². The number of hydrogen-bond acceptors (Lipinski definition) is 3. The summed E-state index contributed by atoms with van der Waals surface area (Å²) in [6.45, 7) is 3.53. The summed E-state index contributed by atoms with van der Waals surface area (Å²) >= 11 is 0. The number of sulfonamides is 1. The lowest BCUT2D eigenvalue weighted by Gasteiger charge is -2.16. The van der Waals surface area contributed by atoms with Gasteiger partial charge in [-0.25, -0.2) is 13.1 Å². The molecular weight excluding hydrogens is 214 g/mol. The van der Waals surface area contributed by atoms with E-state index in [1.165, 1.54) is 0 Å². The van der Waals surface area contributed by atoms with Crippen LogP contribution in [0.2, 0.25) is 0 Å². The Labute approximate surface area is 91.4 Å². The molecule has 1 saturated carbocycles. The summed E-state index contributed by atoms with van der Waals surface area (Å²) in [5.74, 6) is 0.515. The molecule has 0 aromatic heterocycles. The monoisotopic (exact) mass is 233 g/mol. The van der Waals surface area contributed by atoms with Crippen LogP contribution in [-0.2, 0) is 10.0 Å². The molecule has 0 saturated heterocycles. The molecule has 0 bridgehead atoms. The van der Waals surface area contributed by atoms with E-state index in [1.54, 1.807) is 6.08 Å². The van der Waals surface area contributed by atoms with Gasteiger partial charge in [0.15, 0.2) is 0 Å². The van der Waals surface area contributed by atoms with Crippen molar-refractivity contribution in [1.82, 2.24) is 4.72 Å². The van der Waals surface area contributed by atoms with E-state index in [4.69, 9.17) is 5.11 Å². The molecule has 1 unspecified atom stereocenters. The van der Waals surface area contributed by atoms with Crippen LogP contribution in [0, 0.1) is 5.92 Å². The van der Waals surface area contributed by atoms with Crippen molar-refractivity contribution in [2.75, 3.05) is 12.4 Å². The lowest BCUT2D eigenvalue weighted by molar-refractivity contribution is 0.265. The fraction of sp³-hybridized carbons (Fsp3) is 0.800. The number of aliphatic hydroxyl groups is 1.